The maximum atomic E-state index is 15.8. The van der Waals surface area contributed by atoms with Crippen LogP contribution in [0.1, 0.15) is 48.0 Å². The smallest absolute Gasteiger partial charge is 0.306 e. The maximum Gasteiger partial charge on any atom is 0.306 e. The van der Waals surface area contributed by atoms with E-state index in [4.69, 9.17) is 91.2 Å². The van der Waals surface area contributed by atoms with Crippen LogP contribution in [0.3, 0.4) is 0 Å². The minimum absolute atomic E-state index is 0.145. The molecule has 24 nitrogen and oxygen atoms in total. The fourth-order valence-electron chi connectivity index (χ4n) is 7.50. The van der Waals surface area contributed by atoms with Crippen LogP contribution in [0.5, 0.6) is 0 Å². The fraction of sp³-hybridized carbons (Fsp3) is 0.829. The summed E-state index contributed by atoms with van der Waals surface area (Å²) in [5.41, 5.74) is 37.0. The lowest BCUT2D eigenvalue weighted by Gasteiger charge is -2.49. The molecule has 0 radical (unpaired) electrons. The second kappa shape index (κ2) is 21.0. The van der Waals surface area contributed by atoms with Crippen molar-refractivity contribution in [2.45, 2.75) is 164 Å². The number of ether oxygens (including phenoxy) is 12. The molecule has 18 atom stereocenters. The van der Waals surface area contributed by atoms with Gasteiger partial charge in [-0.2, -0.15) is 0 Å². The number of hydrogen-bond acceptors (Lipinski definition) is 24. The zero-order chi connectivity index (χ0) is 45.7. The normalized spacial score (nSPS) is 39.6. The highest BCUT2D eigenvalue weighted by molar-refractivity contribution is 5.68. The first kappa shape index (κ1) is 49.9. The highest BCUT2D eigenvalue weighted by Crippen LogP contribution is 2.40. The highest BCUT2D eigenvalue weighted by atomic mass is 19.3. The van der Waals surface area contributed by atoms with Gasteiger partial charge >= 0.3 is 41.7 Å². The Morgan fingerprint density at radius 1 is 0.525 bits per heavy atom. The van der Waals surface area contributed by atoms with Crippen molar-refractivity contribution in [2.75, 3.05) is 19.7 Å². The van der Waals surface area contributed by atoms with Gasteiger partial charge in [0.1, 0.15) is 55.4 Å². The van der Waals surface area contributed by atoms with Gasteiger partial charge in [0.15, 0.2) is 43.3 Å². The molecule has 1 aliphatic carbocycles. The van der Waals surface area contributed by atoms with Crippen molar-refractivity contribution in [1.82, 2.24) is 0 Å². The van der Waals surface area contributed by atoms with Crippen LogP contribution < -0.4 is 34.4 Å². The quantitative estimate of drug-likeness (QED) is 0.0671. The van der Waals surface area contributed by atoms with Crippen LogP contribution in [0, 0.1) is 0 Å². The predicted octanol–water partition coefficient (Wildman–Crippen LogP) is -4.20. The van der Waals surface area contributed by atoms with Gasteiger partial charge in [0.25, 0.3) is 0 Å². The maximum absolute atomic E-state index is 15.8. The number of esters is 6. The van der Waals surface area contributed by atoms with E-state index < -0.39 is 165 Å². The summed E-state index contributed by atoms with van der Waals surface area (Å²) in [5.74, 6) is -9.18. The summed E-state index contributed by atoms with van der Waals surface area (Å²) in [5, 5.41) is 0. The summed E-state index contributed by atoms with van der Waals surface area (Å²) in [6, 6.07) is -5.98. The lowest BCUT2D eigenvalue weighted by molar-refractivity contribution is -0.332. The Labute approximate surface area is 348 Å². The molecule has 0 amide bonds. The van der Waals surface area contributed by atoms with Crippen LogP contribution in [-0.4, -0.2) is 172 Å². The van der Waals surface area contributed by atoms with E-state index in [9.17, 15) is 28.8 Å². The summed E-state index contributed by atoms with van der Waals surface area (Å²) >= 11 is 0. The minimum Gasteiger partial charge on any atom is -0.463 e. The summed E-state index contributed by atoms with van der Waals surface area (Å²) in [6.07, 6.45) is -22.5. The van der Waals surface area contributed by atoms with Crippen molar-refractivity contribution in [1.29, 1.82) is 0 Å². The predicted molar refractivity (Wildman–Crippen MR) is 195 cm³/mol. The number of carbonyl (C=O) groups excluding carboxylic acids is 6. The molecule has 3 saturated heterocycles. The molecule has 4 fully saturated rings. The molecule has 12 N–H and O–H groups in total. The van der Waals surface area contributed by atoms with E-state index in [0.717, 1.165) is 41.5 Å². The molecular weight excluding hydrogens is 830 g/mol. The van der Waals surface area contributed by atoms with Gasteiger partial charge in [-0.1, -0.05) is 0 Å². The molecule has 3 aliphatic heterocycles. The molecule has 0 aromatic heterocycles. The van der Waals surface area contributed by atoms with Gasteiger partial charge in [-0.05, 0) is 6.42 Å². The molecule has 61 heavy (non-hydrogen) atoms. The van der Waals surface area contributed by atoms with E-state index in [1.165, 1.54) is 0 Å². The van der Waals surface area contributed by atoms with Crippen LogP contribution in [0.2, 0.25) is 0 Å². The molecule has 0 spiro atoms. The molecule has 0 bridgehead atoms. The van der Waals surface area contributed by atoms with Gasteiger partial charge in [-0.25, -0.2) is 8.78 Å². The number of rotatable bonds is 15. The fourth-order valence-corrected chi connectivity index (χ4v) is 7.50. The highest BCUT2D eigenvalue weighted by Gasteiger charge is 2.62. The first-order valence-electron chi connectivity index (χ1n) is 19.2. The molecule has 26 heteroatoms. The number of halogens is 2. The van der Waals surface area contributed by atoms with Crippen molar-refractivity contribution in [2.24, 2.45) is 34.4 Å². The number of carbonyl (C=O) groups is 6. The number of hydrogen-bond donors (Lipinski definition) is 6. The molecule has 1 saturated carbocycles. The lowest BCUT2D eigenvalue weighted by Crippen LogP contribution is -2.71. The Kier molecular flexibility index (Phi) is 17.2. The Morgan fingerprint density at radius 3 is 1.52 bits per heavy atom. The Bertz CT molecular complexity index is 1590. The van der Waals surface area contributed by atoms with Crippen LogP contribution >= 0.6 is 0 Å². The summed E-state index contributed by atoms with van der Waals surface area (Å²) in [6.45, 7) is 4.81. The first-order valence-corrected chi connectivity index (χ1v) is 19.2. The summed E-state index contributed by atoms with van der Waals surface area (Å²) in [7, 11) is 0. The average Bonchev–Trinajstić information content (AvgIpc) is 3.46. The number of nitrogens with two attached hydrogens (primary N) is 6. The molecule has 3 heterocycles. The van der Waals surface area contributed by atoms with Crippen molar-refractivity contribution in [3.8, 4) is 0 Å². The van der Waals surface area contributed by atoms with Gasteiger partial charge in [0, 0.05) is 66.7 Å². The second-order valence-corrected chi connectivity index (χ2v) is 14.9. The first-order chi connectivity index (χ1) is 28.5. The van der Waals surface area contributed by atoms with Crippen molar-refractivity contribution < 1.29 is 94.4 Å². The summed E-state index contributed by atoms with van der Waals surface area (Å²) in [4.78, 5) is 73.0. The minimum atomic E-state index is -3.97. The van der Waals surface area contributed by atoms with Crippen molar-refractivity contribution in [3.05, 3.63) is 0 Å². The van der Waals surface area contributed by atoms with Gasteiger partial charge in [0.05, 0.1) is 6.04 Å². The third-order valence-corrected chi connectivity index (χ3v) is 10.1. The van der Waals surface area contributed by atoms with Crippen molar-refractivity contribution >= 4 is 35.8 Å². The molecule has 0 aromatic rings. The van der Waals surface area contributed by atoms with Crippen LogP contribution in [0.15, 0.2) is 0 Å². The molecule has 4 rings (SSSR count). The van der Waals surface area contributed by atoms with Gasteiger partial charge in [-0.3, -0.25) is 28.8 Å². The third kappa shape index (κ3) is 12.0. The lowest BCUT2D eigenvalue weighted by atomic mass is 9.84. The standard InChI is InChI=1S/C35H56F2N6O18/c1-11(44)50-10-21-26(60-32-22(42)27(53-14(4)47)25(52-13(3)46)19(8-38)56-32)29(54-15(5)48)33(58-21)61-28-23(51-12(2)45)17(40)7-18(41)24(28)59-34-30(43)35(36,37)31(55-16(6)49)20(9-39)57-34/h17-34H,7-10,38-43H2,1-6H3/t17-,18+,19+,20-,21-,22-,23+,24-,25-,26-,27-,28-,29-,30+,31-,32-,33+,34-/m1/s1. The Hall–Kier alpha value is -3.80. The average molecular weight is 887 g/mol. The van der Waals surface area contributed by atoms with E-state index in [2.05, 4.69) is 0 Å². The van der Waals surface area contributed by atoms with Crippen LogP contribution in [0.25, 0.3) is 0 Å². The van der Waals surface area contributed by atoms with E-state index in [1.54, 1.807) is 0 Å². The SMILES string of the molecule is CC(=O)OC[C@H]1O[C@@H](O[C@@H]2[C@@H](OC(C)=O)[C@H](N)C[C@H](N)[C@H]2O[C@H]2O[C@H](CN)[C@@H](OC(C)=O)C(F)(F)[C@H]2N)[C@H](OC(C)=O)[C@@H]1O[C@H]1O[C@@H](CN)[C@@H](OC(C)=O)[C@H](OC(C)=O)[C@H]1N. The largest absolute Gasteiger partial charge is 0.463 e. The van der Waals surface area contributed by atoms with Gasteiger partial charge in [0.2, 0.25) is 0 Å². The van der Waals surface area contributed by atoms with E-state index >= 15 is 8.78 Å². The van der Waals surface area contributed by atoms with Gasteiger partial charge < -0.3 is 91.2 Å². The monoisotopic (exact) mass is 886 g/mol. The number of alkyl halides is 2. The molecular formula is C35H56F2N6O18. The van der Waals surface area contributed by atoms with Gasteiger partial charge in [-0.15, -0.1) is 0 Å². The summed E-state index contributed by atoms with van der Waals surface area (Å²) < 4.78 is 100. The van der Waals surface area contributed by atoms with Crippen LogP contribution in [-0.2, 0) is 85.6 Å². The zero-order valence-corrected chi connectivity index (χ0v) is 34.3. The topological polar surface area (TPSA) is 369 Å². The van der Waals surface area contributed by atoms with E-state index in [-0.39, 0.29) is 13.0 Å². The zero-order valence-electron chi connectivity index (χ0n) is 34.3. The second-order valence-electron chi connectivity index (χ2n) is 14.9. The Balaban J connectivity index is 1.74. The molecule has 0 aromatic carbocycles. The van der Waals surface area contributed by atoms with E-state index in [1.807, 2.05) is 0 Å². The van der Waals surface area contributed by atoms with E-state index in [0.29, 0.717) is 0 Å². The van der Waals surface area contributed by atoms with Crippen LogP contribution in [0.4, 0.5) is 8.78 Å². The molecule has 348 valence electrons. The third-order valence-electron chi connectivity index (χ3n) is 10.1. The Morgan fingerprint density at radius 2 is 0.984 bits per heavy atom. The molecule has 0 unspecified atom stereocenters. The molecule has 4 aliphatic rings. The van der Waals surface area contributed by atoms with Crippen molar-refractivity contribution in [3.63, 3.8) is 0 Å².